The average Bonchev–Trinajstić information content (AvgIpc) is 1.67. The van der Waals surface area contributed by atoms with Crippen LogP contribution in [0.1, 0.15) is 33.6 Å². The molecule has 0 bridgehead atoms. The first-order chi connectivity index (χ1) is 3.68. The predicted molar refractivity (Wildman–Crippen MR) is 47.0 cm³/mol. The first kappa shape index (κ1) is 8.73. The van der Waals surface area contributed by atoms with E-state index in [0.717, 1.165) is 5.92 Å². The average molecular weight is 225 g/mol. The van der Waals surface area contributed by atoms with Crippen molar-refractivity contribution >= 4 is 22.6 Å². The van der Waals surface area contributed by atoms with Gasteiger partial charge in [0, 0.05) is 3.92 Å². The number of halogens is 1. The van der Waals surface area contributed by atoms with Crippen LogP contribution in [0.3, 0.4) is 0 Å². The first-order valence-electron chi connectivity index (χ1n) is 3.19. The molecule has 0 saturated heterocycles. The zero-order valence-electron chi connectivity index (χ0n) is 5.87. The van der Waals surface area contributed by atoms with Crippen LogP contribution in [-0.2, 0) is 0 Å². The van der Waals surface area contributed by atoms with Gasteiger partial charge in [0.15, 0.2) is 0 Å². The fourth-order valence-corrected chi connectivity index (χ4v) is 1.07. The molecule has 0 fully saturated rings. The minimum Gasteiger partial charge on any atom is -0.0771 e. The normalized spacial score (nSPS) is 11.2. The Labute approximate surface area is 66.2 Å². The highest BCUT2D eigenvalue weighted by molar-refractivity contribution is 14.1. The Morgan fingerprint density at radius 3 is 2.12 bits per heavy atom. The van der Waals surface area contributed by atoms with Gasteiger partial charge < -0.3 is 0 Å². The molecule has 1 heteroatoms. The summed E-state index contributed by atoms with van der Waals surface area (Å²) in [6.07, 6.45) is 2.58. The highest BCUT2D eigenvalue weighted by atomic mass is 127. The highest BCUT2D eigenvalue weighted by Gasteiger charge is 2.06. The molecule has 0 aliphatic heterocycles. The third-order valence-corrected chi connectivity index (χ3v) is 2.90. The Kier molecular flexibility index (Phi) is 5.01. The van der Waals surface area contributed by atoms with Gasteiger partial charge in [-0.3, -0.25) is 0 Å². The molecule has 0 aliphatic carbocycles. The summed E-state index contributed by atoms with van der Waals surface area (Å²) < 4.78 is 1.60. The Bertz CT molecular complexity index is 50.3. The number of hydrogen-bond donors (Lipinski definition) is 0. The van der Waals surface area contributed by atoms with E-state index in [2.05, 4.69) is 43.4 Å². The maximum Gasteiger partial charge on any atom is 0.0393 e. The van der Waals surface area contributed by atoms with Crippen LogP contribution in [0.5, 0.6) is 0 Å². The van der Waals surface area contributed by atoms with E-state index in [1.165, 1.54) is 12.8 Å². The fourth-order valence-electron chi connectivity index (χ4n) is 0.528. The van der Waals surface area contributed by atoms with E-state index in [1.54, 1.807) is 3.92 Å². The van der Waals surface area contributed by atoms with Crippen LogP contribution in [0.15, 0.2) is 0 Å². The van der Waals surface area contributed by atoms with Gasteiger partial charge in [0.2, 0.25) is 0 Å². The maximum absolute atomic E-state index is 2.45. The molecule has 0 rings (SSSR count). The highest BCUT2D eigenvalue weighted by Crippen LogP contribution is 2.25. The SMILES string of the molecule is CCC[C](I)C(C)C. The quantitative estimate of drug-likeness (QED) is 0.645. The van der Waals surface area contributed by atoms with Crippen LogP contribution < -0.4 is 0 Å². The van der Waals surface area contributed by atoms with Crippen molar-refractivity contribution in [3.63, 3.8) is 0 Å². The summed E-state index contributed by atoms with van der Waals surface area (Å²) in [5, 5.41) is 0. The van der Waals surface area contributed by atoms with Gasteiger partial charge in [0.1, 0.15) is 0 Å². The van der Waals surface area contributed by atoms with Crippen molar-refractivity contribution in [2.24, 2.45) is 5.92 Å². The smallest absolute Gasteiger partial charge is 0.0393 e. The topological polar surface area (TPSA) is 0 Å². The van der Waals surface area contributed by atoms with E-state index in [4.69, 9.17) is 0 Å². The van der Waals surface area contributed by atoms with E-state index in [1.807, 2.05) is 0 Å². The summed E-state index contributed by atoms with van der Waals surface area (Å²) >= 11 is 2.45. The molecule has 0 N–H and O–H groups in total. The van der Waals surface area contributed by atoms with Crippen molar-refractivity contribution in [2.75, 3.05) is 0 Å². The molecule has 0 unspecified atom stereocenters. The van der Waals surface area contributed by atoms with Gasteiger partial charge in [0.25, 0.3) is 0 Å². The molecule has 0 aliphatic rings. The molecule has 1 radical (unpaired) electrons. The molecule has 0 amide bonds. The van der Waals surface area contributed by atoms with E-state index in [-0.39, 0.29) is 0 Å². The van der Waals surface area contributed by atoms with E-state index in [9.17, 15) is 0 Å². The van der Waals surface area contributed by atoms with Gasteiger partial charge in [-0.05, 0) is 12.3 Å². The second-order valence-corrected chi connectivity index (χ2v) is 3.74. The standard InChI is InChI=1S/C7H14I/c1-4-5-7(8)6(2)3/h6H,4-5H2,1-3H3. The summed E-state index contributed by atoms with van der Waals surface area (Å²) in [5.74, 6) is 0.774. The summed E-state index contributed by atoms with van der Waals surface area (Å²) in [6.45, 7) is 6.72. The Balaban J connectivity index is 3.17. The first-order valence-corrected chi connectivity index (χ1v) is 4.27. The maximum atomic E-state index is 2.45. The van der Waals surface area contributed by atoms with Crippen molar-refractivity contribution in [1.29, 1.82) is 0 Å². The second-order valence-electron chi connectivity index (χ2n) is 2.35. The van der Waals surface area contributed by atoms with Crippen LogP contribution in [0.2, 0.25) is 0 Å². The van der Waals surface area contributed by atoms with Gasteiger partial charge in [-0.15, -0.1) is 0 Å². The lowest BCUT2D eigenvalue weighted by Crippen LogP contribution is -1.95. The Morgan fingerprint density at radius 2 is 2.00 bits per heavy atom. The zero-order chi connectivity index (χ0) is 6.57. The van der Waals surface area contributed by atoms with Crippen molar-refractivity contribution in [3.8, 4) is 0 Å². The van der Waals surface area contributed by atoms with Gasteiger partial charge in [0.05, 0.1) is 0 Å². The van der Waals surface area contributed by atoms with Crippen LogP contribution in [-0.4, -0.2) is 0 Å². The van der Waals surface area contributed by atoms with Crippen molar-refractivity contribution in [1.82, 2.24) is 0 Å². The van der Waals surface area contributed by atoms with Crippen LogP contribution >= 0.6 is 22.6 Å². The molecule has 49 valence electrons. The van der Waals surface area contributed by atoms with Gasteiger partial charge >= 0.3 is 0 Å². The molecular weight excluding hydrogens is 211 g/mol. The van der Waals surface area contributed by atoms with Crippen LogP contribution in [0.25, 0.3) is 0 Å². The second kappa shape index (κ2) is 4.59. The predicted octanol–water partition coefficient (Wildman–Crippen LogP) is 3.41. The number of rotatable bonds is 3. The molecule has 0 atom stereocenters. The zero-order valence-corrected chi connectivity index (χ0v) is 8.03. The molecule has 0 aromatic carbocycles. The van der Waals surface area contributed by atoms with E-state index < -0.39 is 0 Å². The summed E-state index contributed by atoms with van der Waals surface area (Å²) in [7, 11) is 0. The van der Waals surface area contributed by atoms with Crippen LogP contribution in [0, 0.1) is 9.84 Å². The van der Waals surface area contributed by atoms with Gasteiger partial charge in [-0.25, -0.2) is 0 Å². The lowest BCUT2D eigenvalue weighted by Gasteiger charge is -2.09. The lowest BCUT2D eigenvalue weighted by molar-refractivity contribution is 0.681. The minimum absolute atomic E-state index is 0.774. The summed E-state index contributed by atoms with van der Waals surface area (Å²) in [4.78, 5) is 0. The van der Waals surface area contributed by atoms with Gasteiger partial charge in [-0.2, -0.15) is 0 Å². The van der Waals surface area contributed by atoms with Crippen molar-refractivity contribution < 1.29 is 0 Å². The molecule has 0 heterocycles. The molecule has 0 spiro atoms. The summed E-state index contributed by atoms with van der Waals surface area (Å²) in [5.41, 5.74) is 0. The molecule has 0 aromatic rings. The van der Waals surface area contributed by atoms with Gasteiger partial charge in [-0.1, -0.05) is 49.8 Å². The third kappa shape index (κ3) is 3.70. The molecule has 0 aromatic heterocycles. The molecular formula is C7H14I. The van der Waals surface area contributed by atoms with Crippen molar-refractivity contribution in [2.45, 2.75) is 33.6 Å². The largest absolute Gasteiger partial charge is 0.0771 e. The molecule has 0 saturated carbocycles. The fraction of sp³-hybridized carbons (Fsp3) is 0.857. The lowest BCUT2D eigenvalue weighted by atomic mass is 10.1. The third-order valence-electron chi connectivity index (χ3n) is 1.12. The van der Waals surface area contributed by atoms with Crippen LogP contribution in [0.4, 0.5) is 0 Å². The van der Waals surface area contributed by atoms with E-state index in [0.29, 0.717) is 0 Å². The Morgan fingerprint density at radius 1 is 1.50 bits per heavy atom. The Hall–Kier alpha value is 0.730. The molecule has 0 nitrogen and oxygen atoms in total. The summed E-state index contributed by atoms with van der Waals surface area (Å²) in [6, 6.07) is 0. The van der Waals surface area contributed by atoms with E-state index >= 15 is 0 Å². The van der Waals surface area contributed by atoms with Crippen molar-refractivity contribution in [3.05, 3.63) is 3.92 Å². The number of hydrogen-bond acceptors (Lipinski definition) is 0. The monoisotopic (exact) mass is 225 g/mol. The minimum atomic E-state index is 0.774. The molecule has 8 heavy (non-hydrogen) atoms.